The minimum absolute atomic E-state index is 0.0327. The summed E-state index contributed by atoms with van der Waals surface area (Å²) in [5, 5.41) is 1.02. The summed E-state index contributed by atoms with van der Waals surface area (Å²) < 4.78 is 5.45. The summed E-state index contributed by atoms with van der Waals surface area (Å²) in [6.45, 7) is 8.06. The molecule has 0 unspecified atom stereocenters. The summed E-state index contributed by atoms with van der Waals surface area (Å²) in [7, 11) is 0. The van der Waals surface area contributed by atoms with Gasteiger partial charge in [0.2, 0.25) is 0 Å². The summed E-state index contributed by atoms with van der Waals surface area (Å²) in [5.74, 6) is 0. The molecule has 0 fully saturated rings. The molecule has 2 rings (SSSR count). The predicted molar refractivity (Wildman–Crippen MR) is 98.2 cm³/mol. The molecule has 1 aliphatic heterocycles. The van der Waals surface area contributed by atoms with Crippen molar-refractivity contribution in [2.75, 3.05) is 13.1 Å². The molecule has 0 N–H and O–H groups in total. The first-order valence-electron chi connectivity index (χ1n) is 7.74. The van der Waals surface area contributed by atoms with E-state index in [1.807, 2.05) is 20.8 Å². The van der Waals surface area contributed by atoms with Crippen molar-refractivity contribution in [2.24, 2.45) is 0 Å². The molecule has 0 saturated carbocycles. The van der Waals surface area contributed by atoms with Crippen LogP contribution in [0.5, 0.6) is 0 Å². The highest BCUT2D eigenvalue weighted by Gasteiger charge is 2.27. The van der Waals surface area contributed by atoms with Crippen molar-refractivity contribution in [2.45, 2.75) is 51.0 Å². The monoisotopic (exact) mass is 389 g/mol. The normalized spacial score (nSPS) is 14.8. The van der Waals surface area contributed by atoms with Crippen LogP contribution in [-0.4, -0.2) is 34.8 Å². The highest BCUT2D eigenvalue weighted by molar-refractivity contribution is 8.13. The van der Waals surface area contributed by atoms with E-state index in [0.29, 0.717) is 36.0 Å². The number of thioether (sulfide) groups is 1. The van der Waals surface area contributed by atoms with Gasteiger partial charge < -0.3 is 9.64 Å². The van der Waals surface area contributed by atoms with E-state index in [1.165, 1.54) is 6.92 Å². The lowest BCUT2D eigenvalue weighted by Crippen LogP contribution is -2.38. The molecule has 0 saturated heterocycles. The second kappa shape index (κ2) is 7.54. The second-order valence-electron chi connectivity index (χ2n) is 6.69. The predicted octanol–water partition coefficient (Wildman–Crippen LogP) is 4.97. The summed E-state index contributed by atoms with van der Waals surface area (Å²) in [5.41, 5.74) is 1.38. The number of hydrogen-bond acceptors (Lipinski definition) is 4. The number of carbonyl (C=O) groups excluding carboxylic acids is 2. The third-order valence-corrected chi connectivity index (χ3v) is 5.26. The van der Waals surface area contributed by atoms with E-state index < -0.39 is 5.60 Å². The van der Waals surface area contributed by atoms with Crippen molar-refractivity contribution in [3.8, 4) is 0 Å². The number of amides is 1. The third kappa shape index (κ3) is 4.80. The van der Waals surface area contributed by atoms with E-state index in [9.17, 15) is 9.59 Å². The van der Waals surface area contributed by atoms with Gasteiger partial charge in [-0.2, -0.15) is 0 Å². The number of hydrogen-bond donors (Lipinski definition) is 0. The van der Waals surface area contributed by atoms with Crippen LogP contribution in [0, 0.1) is 0 Å². The minimum Gasteiger partial charge on any atom is -0.444 e. The van der Waals surface area contributed by atoms with Crippen molar-refractivity contribution in [1.29, 1.82) is 0 Å². The maximum absolute atomic E-state index is 12.3. The van der Waals surface area contributed by atoms with E-state index in [4.69, 9.17) is 27.9 Å². The summed E-state index contributed by atoms with van der Waals surface area (Å²) >= 11 is 13.7. The smallest absolute Gasteiger partial charge is 0.410 e. The lowest BCUT2D eigenvalue weighted by atomic mass is 10.0. The molecule has 7 heteroatoms. The fourth-order valence-electron chi connectivity index (χ4n) is 2.59. The average molecular weight is 390 g/mol. The molecule has 1 heterocycles. The van der Waals surface area contributed by atoms with Crippen LogP contribution in [0.25, 0.3) is 0 Å². The Balaban J connectivity index is 2.28. The van der Waals surface area contributed by atoms with Gasteiger partial charge in [0.15, 0.2) is 5.12 Å². The Morgan fingerprint density at radius 1 is 1.12 bits per heavy atom. The van der Waals surface area contributed by atoms with Gasteiger partial charge in [-0.1, -0.05) is 35.0 Å². The molecule has 0 spiro atoms. The number of rotatable bonds is 1. The number of fused-ring (bicyclic) bond motifs is 1. The molecule has 0 aliphatic carbocycles. The van der Waals surface area contributed by atoms with Crippen molar-refractivity contribution in [3.63, 3.8) is 0 Å². The standard InChI is InChI=1S/C17H21Cl2NO3S/c1-10(21)24-15-12-6-8-20(16(22)23-17(2,3)4)7-5-11(12)13(18)9-14(15)19/h9H,5-8H2,1-4H3. The molecular weight excluding hydrogens is 369 g/mol. The third-order valence-electron chi connectivity index (χ3n) is 3.56. The van der Waals surface area contributed by atoms with Crippen LogP contribution in [0.15, 0.2) is 11.0 Å². The van der Waals surface area contributed by atoms with Crippen LogP contribution in [-0.2, 0) is 22.4 Å². The topological polar surface area (TPSA) is 46.6 Å². The van der Waals surface area contributed by atoms with Crippen molar-refractivity contribution in [3.05, 3.63) is 27.2 Å². The molecule has 1 aliphatic rings. The molecule has 0 radical (unpaired) electrons. The van der Waals surface area contributed by atoms with Crippen LogP contribution in [0.1, 0.15) is 38.8 Å². The zero-order chi connectivity index (χ0) is 18.1. The van der Waals surface area contributed by atoms with Gasteiger partial charge in [0, 0.05) is 29.9 Å². The molecule has 1 aromatic rings. The van der Waals surface area contributed by atoms with Crippen LogP contribution < -0.4 is 0 Å². The molecule has 1 amide bonds. The number of ether oxygens (including phenoxy) is 1. The van der Waals surface area contributed by atoms with Gasteiger partial charge in [0.25, 0.3) is 0 Å². The lowest BCUT2D eigenvalue weighted by molar-refractivity contribution is -0.109. The van der Waals surface area contributed by atoms with Crippen LogP contribution in [0.2, 0.25) is 10.0 Å². The minimum atomic E-state index is -0.535. The fraction of sp³-hybridized carbons (Fsp3) is 0.529. The van der Waals surface area contributed by atoms with Crippen LogP contribution in [0.4, 0.5) is 4.79 Å². The Hall–Kier alpha value is -0.910. The fourth-order valence-corrected chi connectivity index (χ4v) is 4.10. The van der Waals surface area contributed by atoms with Gasteiger partial charge >= 0.3 is 6.09 Å². The number of halogens is 2. The van der Waals surface area contributed by atoms with Gasteiger partial charge in [-0.25, -0.2) is 4.79 Å². The molecule has 132 valence electrons. The van der Waals surface area contributed by atoms with E-state index in [-0.39, 0.29) is 11.2 Å². The molecule has 1 aromatic carbocycles. The van der Waals surface area contributed by atoms with Crippen molar-refractivity contribution < 1.29 is 14.3 Å². The molecule has 4 nitrogen and oxygen atoms in total. The molecule has 0 bridgehead atoms. The zero-order valence-electron chi connectivity index (χ0n) is 14.2. The first-order chi connectivity index (χ1) is 11.1. The Kier molecular flexibility index (Phi) is 6.10. The summed E-state index contributed by atoms with van der Waals surface area (Å²) in [6.07, 6.45) is 0.860. The average Bonchev–Trinajstić information content (AvgIpc) is 2.64. The van der Waals surface area contributed by atoms with Gasteiger partial charge in [-0.15, -0.1) is 0 Å². The van der Waals surface area contributed by atoms with Gasteiger partial charge in [-0.05, 0) is 50.8 Å². The number of benzene rings is 1. The van der Waals surface area contributed by atoms with E-state index in [1.54, 1.807) is 11.0 Å². The van der Waals surface area contributed by atoms with Gasteiger partial charge in [0.05, 0.1) is 5.02 Å². The summed E-state index contributed by atoms with van der Waals surface area (Å²) in [4.78, 5) is 26.3. The van der Waals surface area contributed by atoms with Crippen LogP contribution in [0.3, 0.4) is 0 Å². The lowest BCUT2D eigenvalue weighted by Gasteiger charge is -2.26. The van der Waals surface area contributed by atoms with E-state index >= 15 is 0 Å². The molecule has 24 heavy (non-hydrogen) atoms. The molecule has 0 aromatic heterocycles. The quantitative estimate of drug-likeness (QED) is 0.636. The van der Waals surface area contributed by atoms with Crippen molar-refractivity contribution >= 4 is 46.2 Å². The largest absolute Gasteiger partial charge is 0.444 e. The SMILES string of the molecule is CC(=O)Sc1c(Cl)cc(Cl)c2c1CCN(C(=O)OC(C)(C)C)CC2. The first kappa shape index (κ1) is 19.4. The maximum Gasteiger partial charge on any atom is 0.410 e. The molecule has 0 atom stereocenters. The Morgan fingerprint density at radius 3 is 2.25 bits per heavy atom. The highest BCUT2D eigenvalue weighted by atomic mass is 35.5. The van der Waals surface area contributed by atoms with E-state index in [0.717, 1.165) is 27.8 Å². The van der Waals surface area contributed by atoms with Crippen molar-refractivity contribution in [1.82, 2.24) is 4.90 Å². The Morgan fingerprint density at radius 2 is 1.71 bits per heavy atom. The maximum atomic E-state index is 12.3. The summed E-state index contributed by atoms with van der Waals surface area (Å²) in [6, 6.07) is 1.68. The van der Waals surface area contributed by atoms with Crippen LogP contribution >= 0.6 is 35.0 Å². The molecular formula is C17H21Cl2NO3S. The second-order valence-corrected chi connectivity index (χ2v) is 8.69. The number of carbonyl (C=O) groups is 2. The van der Waals surface area contributed by atoms with Gasteiger partial charge in [-0.3, -0.25) is 4.79 Å². The first-order valence-corrected chi connectivity index (χ1v) is 9.32. The van der Waals surface area contributed by atoms with Gasteiger partial charge in [0.1, 0.15) is 5.60 Å². The highest BCUT2D eigenvalue weighted by Crippen LogP contribution is 2.39. The number of nitrogens with zero attached hydrogens (tertiary/aromatic N) is 1. The Labute approximate surface area is 156 Å². The Bertz CT molecular complexity index is 671. The zero-order valence-corrected chi connectivity index (χ0v) is 16.6. The van der Waals surface area contributed by atoms with E-state index in [2.05, 4.69) is 0 Å².